The average Bonchev–Trinajstić information content (AvgIpc) is 2.45. The second-order valence-electron chi connectivity index (χ2n) is 4.66. The summed E-state index contributed by atoms with van der Waals surface area (Å²) in [4.78, 5) is 20.3. The van der Waals surface area contributed by atoms with Gasteiger partial charge in [-0.1, -0.05) is 29.8 Å². The summed E-state index contributed by atoms with van der Waals surface area (Å²) in [5, 5.41) is 3.31. The van der Waals surface area contributed by atoms with E-state index in [0.717, 1.165) is 5.56 Å². The number of rotatable bonds is 4. The summed E-state index contributed by atoms with van der Waals surface area (Å²) in [6, 6.07) is 7.62. The molecule has 1 aromatic heterocycles. The van der Waals surface area contributed by atoms with Crippen molar-refractivity contribution in [3.8, 4) is 0 Å². The van der Waals surface area contributed by atoms with Gasteiger partial charge in [0.1, 0.15) is 0 Å². The number of aromatic nitrogens is 2. The van der Waals surface area contributed by atoms with Crippen molar-refractivity contribution in [2.75, 3.05) is 12.8 Å². The Morgan fingerprint density at radius 3 is 2.67 bits per heavy atom. The van der Waals surface area contributed by atoms with Crippen molar-refractivity contribution in [2.45, 2.75) is 19.8 Å². The number of halogens is 1. The molecule has 0 aliphatic rings. The van der Waals surface area contributed by atoms with Gasteiger partial charge in [0.05, 0.1) is 17.0 Å². The van der Waals surface area contributed by atoms with Crippen LogP contribution in [0.5, 0.6) is 0 Å². The first-order valence-corrected chi connectivity index (χ1v) is 6.99. The summed E-state index contributed by atoms with van der Waals surface area (Å²) in [5.74, 6) is -0.0315. The summed E-state index contributed by atoms with van der Waals surface area (Å²) in [5.41, 5.74) is 8.40. The monoisotopic (exact) mass is 304 g/mol. The maximum Gasteiger partial charge on any atom is 0.254 e. The Morgan fingerprint density at radius 2 is 2.00 bits per heavy atom. The van der Waals surface area contributed by atoms with E-state index < -0.39 is 0 Å². The molecule has 0 saturated carbocycles. The van der Waals surface area contributed by atoms with Crippen LogP contribution in [0, 0.1) is 6.92 Å². The molecule has 110 valence electrons. The third-order valence-electron chi connectivity index (χ3n) is 3.23. The normalized spacial score (nSPS) is 10.4. The zero-order chi connectivity index (χ0) is 15.4. The molecule has 0 unspecified atom stereocenters. The van der Waals surface area contributed by atoms with Gasteiger partial charge in [-0.05, 0) is 31.4 Å². The highest BCUT2D eigenvalue weighted by atomic mass is 35.5. The predicted octanol–water partition coefficient (Wildman–Crippen LogP) is 2.17. The third-order valence-corrected chi connectivity index (χ3v) is 3.59. The second-order valence-corrected chi connectivity index (χ2v) is 5.07. The first kappa shape index (κ1) is 15.3. The zero-order valence-electron chi connectivity index (χ0n) is 12.0. The molecule has 21 heavy (non-hydrogen) atoms. The van der Waals surface area contributed by atoms with Crippen LogP contribution in [0.25, 0.3) is 0 Å². The van der Waals surface area contributed by atoms with Gasteiger partial charge in [0.15, 0.2) is 0 Å². The van der Waals surface area contributed by atoms with Crippen molar-refractivity contribution < 1.29 is 4.79 Å². The number of carbonyl (C=O) groups excluding carboxylic acids is 1. The van der Waals surface area contributed by atoms with Gasteiger partial charge in [-0.25, -0.2) is 9.97 Å². The number of hydrogen-bond donors (Lipinski definition) is 2. The summed E-state index contributed by atoms with van der Waals surface area (Å²) in [7, 11) is 1.58. The van der Waals surface area contributed by atoms with Crippen LogP contribution in [0.15, 0.2) is 24.3 Å². The van der Waals surface area contributed by atoms with Gasteiger partial charge < -0.3 is 11.1 Å². The fourth-order valence-electron chi connectivity index (χ4n) is 2.21. The molecule has 2 rings (SSSR count). The first-order chi connectivity index (χ1) is 10.0. The Morgan fingerprint density at radius 1 is 1.29 bits per heavy atom. The van der Waals surface area contributed by atoms with Gasteiger partial charge in [-0.15, -0.1) is 0 Å². The standard InChI is InChI=1S/C15H17ClN4O/c1-9-13(14(21)18-2)12(20-15(17)19-9)8-7-10-5-3-4-6-11(10)16/h3-6H,7-8H2,1-2H3,(H,18,21)(H2,17,19,20). The molecule has 0 fully saturated rings. The van der Waals surface area contributed by atoms with Crippen LogP contribution in [0.3, 0.4) is 0 Å². The topological polar surface area (TPSA) is 80.9 Å². The lowest BCUT2D eigenvalue weighted by Gasteiger charge is -2.11. The quantitative estimate of drug-likeness (QED) is 0.907. The summed E-state index contributed by atoms with van der Waals surface area (Å²) < 4.78 is 0. The van der Waals surface area contributed by atoms with Gasteiger partial charge in [-0.2, -0.15) is 0 Å². The number of nitrogen functional groups attached to an aromatic ring is 1. The Balaban J connectivity index is 2.31. The Bertz CT molecular complexity index is 673. The van der Waals surface area contributed by atoms with Gasteiger partial charge in [0, 0.05) is 12.1 Å². The van der Waals surface area contributed by atoms with E-state index in [-0.39, 0.29) is 11.9 Å². The van der Waals surface area contributed by atoms with Crippen LogP contribution in [0.2, 0.25) is 5.02 Å². The van der Waals surface area contributed by atoms with Crippen LogP contribution in [0.1, 0.15) is 27.3 Å². The molecule has 1 heterocycles. The number of carbonyl (C=O) groups is 1. The van der Waals surface area contributed by atoms with Gasteiger partial charge >= 0.3 is 0 Å². The Hall–Kier alpha value is -2.14. The molecule has 1 aromatic carbocycles. The van der Waals surface area contributed by atoms with E-state index in [1.807, 2.05) is 24.3 Å². The van der Waals surface area contributed by atoms with E-state index in [9.17, 15) is 4.79 Å². The SMILES string of the molecule is CNC(=O)c1c(C)nc(N)nc1CCc1ccccc1Cl. The Kier molecular flexibility index (Phi) is 4.75. The van der Waals surface area contributed by atoms with Crippen LogP contribution in [-0.4, -0.2) is 22.9 Å². The maximum absolute atomic E-state index is 12.0. The summed E-state index contributed by atoms with van der Waals surface area (Å²) in [6.07, 6.45) is 1.25. The summed E-state index contributed by atoms with van der Waals surface area (Å²) >= 11 is 6.15. The number of hydrogen-bond acceptors (Lipinski definition) is 4. The fourth-order valence-corrected chi connectivity index (χ4v) is 2.44. The molecular formula is C15H17ClN4O. The van der Waals surface area contributed by atoms with E-state index in [0.29, 0.717) is 34.8 Å². The largest absolute Gasteiger partial charge is 0.368 e. The van der Waals surface area contributed by atoms with Crippen LogP contribution < -0.4 is 11.1 Å². The molecule has 2 aromatic rings. The highest BCUT2D eigenvalue weighted by molar-refractivity contribution is 6.31. The van der Waals surface area contributed by atoms with E-state index >= 15 is 0 Å². The smallest absolute Gasteiger partial charge is 0.254 e. The summed E-state index contributed by atoms with van der Waals surface area (Å²) in [6.45, 7) is 1.75. The molecule has 0 aliphatic heterocycles. The van der Waals surface area contributed by atoms with E-state index in [1.54, 1.807) is 14.0 Å². The Labute approximate surface area is 128 Å². The molecule has 0 saturated heterocycles. The predicted molar refractivity (Wildman–Crippen MR) is 83.4 cm³/mol. The van der Waals surface area contributed by atoms with Gasteiger partial charge in [0.2, 0.25) is 5.95 Å². The van der Waals surface area contributed by atoms with Gasteiger partial charge in [-0.3, -0.25) is 4.79 Å². The number of anilines is 1. The molecule has 0 radical (unpaired) electrons. The molecule has 3 N–H and O–H groups in total. The number of benzene rings is 1. The van der Waals surface area contributed by atoms with E-state index in [4.69, 9.17) is 17.3 Å². The zero-order valence-corrected chi connectivity index (χ0v) is 12.7. The van der Waals surface area contributed by atoms with Crippen LogP contribution in [0.4, 0.5) is 5.95 Å². The highest BCUT2D eigenvalue weighted by Crippen LogP contribution is 2.19. The molecule has 0 spiro atoms. The van der Waals surface area contributed by atoms with Crippen molar-refractivity contribution in [2.24, 2.45) is 0 Å². The first-order valence-electron chi connectivity index (χ1n) is 6.61. The molecule has 0 aliphatic carbocycles. The number of amides is 1. The second kappa shape index (κ2) is 6.54. The van der Waals surface area contributed by atoms with E-state index in [2.05, 4.69) is 15.3 Å². The number of nitrogens with one attached hydrogen (secondary N) is 1. The maximum atomic E-state index is 12.0. The van der Waals surface area contributed by atoms with Crippen molar-refractivity contribution in [3.63, 3.8) is 0 Å². The molecule has 0 atom stereocenters. The average molecular weight is 305 g/mol. The van der Waals surface area contributed by atoms with Crippen LogP contribution in [-0.2, 0) is 12.8 Å². The lowest BCUT2D eigenvalue weighted by Crippen LogP contribution is -2.23. The minimum absolute atomic E-state index is 0.175. The van der Waals surface area contributed by atoms with Crippen molar-refractivity contribution in [3.05, 3.63) is 51.8 Å². The number of nitrogens with zero attached hydrogens (tertiary/aromatic N) is 2. The minimum atomic E-state index is -0.207. The van der Waals surface area contributed by atoms with E-state index in [1.165, 1.54) is 0 Å². The van der Waals surface area contributed by atoms with Crippen molar-refractivity contribution in [1.82, 2.24) is 15.3 Å². The number of nitrogens with two attached hydrogens (primary N) is 1. The van der Waals surface area contributed by atoms with Crippen molar-refractivity contribution >= 4 is 23.5 Å². The highest BCUT2D eigenvalue weighted by Gasteiger charge is 2.17. The lowest BCUT2D eigenvalue weighted by molar-refractivity contribution is 0.0960. The fraction of sp³-hybridized carbons (Fsp3) is 0.267. The third kappa shape index (κ3) is 3.49. The molecule has 5 nitrogen and oxygen atoms in total. The minimum Gasteiger partial charge on any atom is -0.368 e. The molecular weight excluding hydrogens is 288 g/mol. The molecule has 1 amide bonds. The van der Waals surface area contributed by atoms with Crippen LogP contribution >= 0.6 is 11.6 Å². The molecule has 6 heteroatoms. The van der Waals surface area contributed by atoms with Gasteiger partial charge in [0.25, 0.3) is 5.91 Å². The molecule has 0 bridgehead atoms. The number of aryl methyl sites for hydroxylation is 3. The lowest BCUT2D eigenvalue weighted by atomic mass is 10.0. The van der Waals surface area contributed by atoms with Crippen molar-refractivity contribution in [1.29, 1.82) is 0 Å².